The summed E-state index contributed by atoms with van der Waals surface area (Å²) >= 11 is 0. The molecule has 5 heteroatoms. The van der Waals surface area contributed by atoms with Crippen LogP contribution in [-0.2, 0) is 14.3 Å². The minimum atomic E-state index is -0.942. The highest BCUT2D eigenvalue weighted by Crippen LogP contribution is 2.04. The predicted octanol–water partition coefficient (Wildman–Crippen LogP) is 0.762. The number of hydrogen-bond acceptors (Lipinski definition) is 4. The number of carbonyl (C=O) groups excluding carboxylic acids is 1. The van der Waals surface area contributed by atoms with E-state index in [1.54, 1.807) is 20.8 Å². The molecule has 0 unspecified atom stereocenters. The number of esters is 1. The van der Waals surface area contributed by atoms with Gasteiger partial charge in [-0.25, -0.2) is 9.59 Å². The first-order chi connectivity index (χ1) is 6.88. The predicted molar refractivity (Wildman–Crippen MR) is 55.2 cm³/mol. The average molecular weight is 215 g/mol. The molecule has 0 fully saturated rings. The van der Waals surface area contributed by atoms with Crippen LogP contribution >= 0.6 is 0 Å². The fourth-order valence-electron chi connectivity index (χ4n) is 1.04. The van der Waals surface area contributed by atoms with Crippen molar-refractivity contribution in [2.24, 2.45) is 5.92 Å². The van der Waals surface area contributed by atoms with Gasteiger partial charge >= 0.3 is 11.9 Å². The van der Waals surface area contributed by atoms with Gasteiger partial charge in [-0.1, -0.05) is 13.8 Å². The Balaban J connectivity index is 4.48. The Labute approximate surface area is 89.1 Å². The van der Waals surface area contributed by atoms with E-state index in [2.05, 4.69) is 10.1 Å². The van der Waals surface area contributed by atoms with Crippen molar-refractivity contribution in [1.29, 1.82) is 0 Å². The molecule has 0 rings (SSSR count). The van der Waals surface area contributed by atoms with Gasteiger partial charge in [-0.2, -0.15) is 0 Å². The van der Waals surface area contributed by atoms with Crippen LogP contribution in [0.5, 0.6) is 0 Å². The summed E-state index contributed by atoms with van der Waals surface area (Å²) in [5.41, 5.74) is 0.475. The summed E-state index contributed by atoms with van der Waals surface area (Å²) in [6, 6.07) is -0.703. The molecule has 0 aromatic heterocycles. The largest absolute Gasteiger partial charge is 0.480 e. The Bertz CT molecular complexity index is 271. The molecular weight excluding hydrogens is 198 g/mol. The molecular formula is C10H17NO4. The average Bonchev–Trinajstić information content (AvgIpc) is 2.12. The molecule has 0 bridgehead atoms. The molecule has 5 nitrogen and oxygen atoms in total. The van der Waals surface area contributed by atoms with Gasteiger partial charge in [0, 0.05) is 11.8 Å². The molecule has 0 aliphatic carbocycles. The Kier molecular flexibility index (Phi) is 5.44. The lowest BCUT2D eigenvalue weighted by molar-refractivity contribution is -0.140. The highest BCUT2D eigenvalue weighted by atomic mass is 16.5. The van der Waals surface area contributed by atoms with Gasteiger partial charge in [-0.3, -0.25) is 0 Å². The number of allylic oxidation sites excluding steroid dienone is 1. The van der Waals surface area contributed by atoms with Crippen molar-refractivity contribution in [3.05, 3.63) is 11.8 Å². The van der Waals surface area contributed by atoms with Gasteiger partial charge in [0.1, 0.15) is 6.04 Å². The Morgan fingerprint density at radius 2 is 1.93 bits per heavy atom. The molecule has 0 heterocycles. The zero-order chi connectivity index (χ0) is 12.0. The second-order valence-electron chi connectivity index (χ2n) is 3.55. The fourth-order valence-corrected chi connectivity index (χ4v) is 1.04. The Morgan fingerprint density at radius 3 is 2.27 bits per heavy atom. The molecule has 0 aromatic carbocycles. The van der Waals surface area contributed by atoms with E-state index in [0.717, 1.165) is 0 Å². The van der Waals surface area contributed by atoms with E-state index in [4.69, 9.17) is 5.11 Å². The van der Waals surface area contributed by atoms with Crippen LogP contribution < -0.4 is 5.32 Å². The van der Waals surface area contributed by atoms with Gasteiger partial charge < -0.3 is 15.2 Å². The molecule has 1 atom stereocenters. The molecule has 0 spiro atoms. The van der Waals surface area contributed by atoms with Crippen LogP contribution in [0.1, 0.15) is 20.8 Å². The molecule has 0 saturated heterocycles. The number of carboxylic acid groups (broad SMARTS) is 1. The first-order valence-corrected chi connectivity index (χ1v) is 4.64. The van der Waals surface area contributed by atoms with E-state index >= 15 is 0 Å². The highest BCUT2D eigenvalue weighted by molar-refractivity contribution is 5.82. The normalized spacial score (nSPS) is 13.5. The molecule has 0 radical (unpaired) electrons. The minimum Gasteiger partial charge on any atom is -0.480 e. The standard InChI is InChI=1S/C10H17NO4/c1-6(2)9(10(13)14)11-7(3)5-8(12)15-4/h5-6,9,11H,1-4H3,(H,13,14)/t9-/m1/s1. The lowest BCUT2D eigenvalue weighted by Crippen LogP contribution is -2.40. The first kappa shape index (κ1) is 13.5. The lowest BCUT2D eigenvalue weighted by atomic mass is 10.0. The van der Waals surface area contributed by atoms with Crippen molar-refractivity contribution >= 4 is 11.9 Å². The fraction of sp³-hybridized carbons (Fsp3) is 0.600. The van der Waals surface area contributed by atoms with Crippen LogP contribution in [0.3, 0.4) is 0 Å². The van der Waals surface area contributed by atoms with Crippen LogP contribution in [0.4, 0.5) is 0 Å². The van der Waals surface area contributed by atoms with E-state index in [1.807, 2.05) is 0 Å². The number of carboxylic acids is 1. The molecule has 0 saturated carbocycles. The third-order valence-corrected chi connectivity index (χ3v) is 1.85. The summed E-state index contributed by atoms with van der Waals surface area (Å²) < 4.78 is 4.42. The molecule has 0 aliphatic heterocycles. The molecule has 86 valence electrons. The summed E-state index contributed by atoms with van der Waals surface area (Å²) in [5, 5.41) is 11.6. The quantitative estimate of drug-likeness (QED) is 0.523. The number of ether oxygens (including phenoxy) is 1. The van der Waals surface area contributed by atoms with Crippen LogP contribution in [0.15, 0.2) is 11.8 Å². The van der Waals surface area contributed by atoms with Crippen molar-refractivity contribution in [1.82, 2.24) is 5.32 Å². The van der Waals surface area contributed by atoms with Crippen LogP contribution in [-0.4, -0.2) is 30.2 Å². The molecule has 0 aliphatic rings. The number of hydrogen-bond donors (Lipinski definition) is 2. The molecule has 0 amide bonds. The smallest absolute Gasteiger partial charge is 0.332 e. The van der Waals surface area contributed by atoms with E-state index in [9.17, 15) is 9.59 Å². The number of rotatable bonds is 5. The zero-order valence-corrected chi connectivity index (χ0v) is 9.40. The Morgan fingerprint density at radius 1 is 1.40 bits per heavy atom. The van der Waals surface area contributed by atoms with Gasteiger partial charge in [0.15, 0.2) is 0 Å². The van der Waals surface area contributed by atoms with E-state index < -0.39 is 18.0 Å². The molecule has 0 aromatic rings. The van der Waals surface area contributed by atoms with Gasteiger partial charge in [0.05, 0.1) is 7.11 Å². The van der Waals surface area contributed by atoms with Crippen molar-refractivity contribution in [3.63, 3.8) is 0 Å². The summed E-state index contributed by atoms with van der Waals surface area (Å²) in [6.45, 7) is 5.20. The van der Waals surface area contributed by atoms with E-state index in [0.29, 0.717) is 5.70 Å². The zero-order valence-electron chi connectivity index (χ0n) is 9.40. The monoisotopic (exact) mass is 215 g/mol. The second kappa shape index (κ2) is 6.06. The third-order valence-electron chi connectivity index (χ3n) is 1.85. The first-order valence-electron chi connectivity index (χ1n) is 4.64. The summed E-state index contributed by atoms with van der Waals surface area (Å²) in [6.07, 6.45) is 1.22. The highest BCUT2D eigenvalue weighted by Gasteiger charge is 2.20. The van der Waals surface area contributed by atoms with Gasteiger partial charge in [-0.15, -0.1) is 0 Å². The van der Waals surface area contributed by atoms with E-state index in [-0.39, 0.29) is 5.92 Å². The number of aliphatic carboxylic acids is 1. The minimum absolute atomic E-state index is 0.0662. The number of nitrogens with one attached hydrogen (secondary N) is 1. The number of methoxy groups -OCH3 is 1. The van der Waals surface area contributed by atoms with Crippen LogP contribution in [0.2, 0.25) is 0 Å². The summed E-state index contributed by atoms with van der Waals surface area (Å²) in [7, 11) is 1.27. The maximum Gasteiger partial charge on any atom is 0.332 e. The van der Waals surface area contributed by atoms with Gasteiger partial charge in [0.2, 0.25) is 0 Å². The van der Waals surface area contributed by atoms with E-state index in [1.165, 1.54) is 13.2 Å². The third kappa shape index (κ3) is 5.05. The molecule has 2 N–H and O–H groups in total. The second-order valence-corrected chi connectivity index (χ2v) is 3.55. The SMILES string of the molecule is COC(=O)C=C(C)N[C@@H](C(=O)O)C(C)C. The van der Waals surface area contributed by atoms with Crippen molar-refractivity contribution in [2.75, 3.05) is 7.11 Å². The maximum atomic E-state index is 10.9. The summed E-state index contributed by atoms with van der Waals surface area (Å²) in [4.78, 5) is 21.7. The van der Waals surface area contributed by atoms with Crippen LogP contribution in [0.25, 0.3) is 0 Å². The Hall–Kier alpha value is -1.52. The van der Waals surface area contributed by atoms with Crippen molar-refractivity contribution < 1.29 is 19.4 Å². The summed E-state index contributed by atoms with van der Waals surface area (Å²) in [5.74, 6) is -1.51. The van der Waals surface area contributed by atoms with Gasteiger partial charge in [-0.05, 0) is 12.8 Å². The number of carbonyl (C=O) groups is 2. The van der Waals surface area contributed by atoms with Gasteiger partial charge in [0.25, 0.3) is 0 Å². The topological polar surface area (TPSA) is 75.6 Å². The molecule has 15 heavy (non-hydrogen) atoms. The maximum absolute atomic E-state index is 10.9. The lowest BCUT2D eigenvalue weighted by Gasteiger charge is -2.19. The van der Waals surface area contributed by atoms with Crippen molar-refractivity contribution in [2.45, 2.75) is 26.8 Å². The van der Waals surface area contributed by atoms with Crippen LogP contribution in [0, 0.1) is 5.92 Å². The van der Waals surface area contributed by atoms with Crippen molar-refractivity contribution in [3.8, 4) is 0 Å².